The molecule has 0 bridgehead atoms. The molecule has 3 N–H and O–H groups in total. The Morgan fingerprint density at radius 1 is 1.00 bits per heavy atom. The molecule has 0 radical (unpaired) electrons. The van der Waals surface area contributed by atoms with Gasteiger partial charge in [-0.1, -0.05) is 53.5 Å². The summed E-state index contributed by atoms with van der Waals surface area (Å²) in [5.41, 5.74) is 4.67. The number of rotatable bonds is 3. The maximum Gasteiger partial charge on any atom is 0.0725 e. The van der Waals surface area contributed by atoms with Gasteiger partial charge in [0.25, 0.3) is 0 Å². The van der Waals surface area contributed by atoms with Crippen LogP contribution in [0.15, 0.2) is 48.5 Å². The molecule has 0 aliphatic rings. The molecule has 1 atom stereocenters. The molecule has 4 heteroatoms. The molecule has 17 heavy (non-hydrogen) atoms. The molecule has 0 fully saturated rings. The Kier molecular flexibility index (Phi) is 4.02. The van der Waals surface area contributed by atoms with Gasteiger partial charge >= 0.3 is 0 Å². The van der Waals surface area contributed by atoms with E-state index in [2.05, 4.69) is 5.43 Å². The second-order valence-corrected chi connectivity index (χ2v) is 4.52. The number of benzene rings is 2. The Bertz CT molecular complexity index is 514. The number of hydrogen-bond acceptors (Lipinski definition) is 2. The summed E-state index contributed by atoms with van der Waals surface area (Å²) in [7, 11) is 0. The van der Waals surface area contributed by atoms with Gasteiger partial charge in [0.05, 0.1) is 6.04 Å². The zero-order valence-corrected chi connectivity index (χ0v) is 10.5. The van der Waals surface area contributed by atoms with Crippen molar-refractivity contribution < 1.29 is 0 Å². The van der Waals surface area contributed by atoms with Gasteiger partial charge < -0.3 is 0 Å². The van der Waals surface area contributed by atoms with E-state index in [-0.39, 0.29) is 6.04 Å². The summed E-state index contributed by atoms with van der Waals surface area (Å²) in [6.07, 6.45) is 0. The molecule has 2 nitrogen and oxygen atoms in total. The summed E-state index contributed by atoms with van der Waals surface area (Å²) in [6, 6.07) is 15.0. The van der Waals surface area contributed by atoms with Crippen molar-refractivity contribution in [1.29, 1.82) is 0 Å². The highest BCUT2D eigenvalue weighted by molar-refractivity contribution is 6.31. The highest BCUT2D eigenvalue weighted by Crippen LogP contribution is 2.28. The molecule has 0 aliphatic carbocycles. The Hall–Kier alpha value is -1.06. The molecule has 88 valence electrons. The van der Waals surface area contributed by atoms with E-state index in [1.165, 1.54) is 0 Å². The van der Waals surface area contributed by atoms with Gasteiger partial charge in [0, 0.05) is 10.0 Å². The summed E-state index contributed by atoms with van der Waals surface area (Å²) in [4.78, 5) is 0. The minimum Gasteiger partial charge on any atom is -0.271 e. The third-order valence-electron chi connectivity index (χ3n) is 2.56. The molecule has 2 aromatic rings. The molecule has 0 saturated carbocycles. The molecule has 2 rings (SSSR count). The average Bonchev–Trinajstić information content (AvgIpc) is 2.33. The van der Waals surface area contributed by atoms with Gasteiger partial charge in [-0.15, -0.1) is 0 Å². The van der Waals surface area contributed by atoms with Gasteiger partial charge in [0.15, 0.2) is 0 Å². The van der Waals surface area contributed by atoms with E-state index < -0.39 is 0 Å². The number of nitrogens with two attached hydrogens (primary N) is 1. The molecule has 2 aromatic carbocycles. The standard InChI is InChI=1S/C13H12Cl2N2/c14-10-5-3-4-9(8-10)13(17-16)11-6-1-2-7-12(11)15/h1-8,13,17H,16H2. The molecule has 1 unspecified atom stereocenters. The maximum atomic E-state index is 6.16. The normalized spacial score (nSPS) is 12.4. The van der Waals surface area contributed by atoms with Gasteiger partial charge in [-0.2, -0.15) is 0 Å². The van der Waals surface area contributed by atoms with E-state index in [0.29, 0.717) is 10.0 Å². The van der Waals surface area contributed by atoms with E-state index in [4.69, 9.17) is 29.0 Å². The van der Waals surface area contributed by atoms with Crippen LogP contribution in [0.5, 0.6) is 0 Å². The fourth-order valence-electron chi connectivity index (χ4n) is 1.76. The van der Waals surface area contributed by atoms with Crippen LogP contribution >= 0.6 is 23.2 Å². The number of nitrogens with one attached hydrogen (secondary N) is 1. The highest BCUT2D eigenvalue weighted by atomic mass is 35.5. The fourth-order valence-corrected chi connectivity index (χ4v) is 2.20. The fraction of sp³-hybridized carbons (Fsp3) is 0.0769. The number of hydrazine groups is 1. The first-order chi connectivity index (χ1) is 8.22. The number of hydrogen-bond donors (Lipinski definition) is 2. The SMILES string of the molecule is NNC(c1cccc(Cl)c1)c1ccccc1Cl. The van der Waals surface area contributed by atoms with Crippen LogP contribution in [-0.2, 0) is 0 Å². The van der Waals surface area contributed by atoms with Crippen LogP contribution in [0.3, 0.4) is 0 Å². The first kappa shape index (κ1) is 12.4. The van der Waals surface area contributed by atoms with Crippen LogP contribution in [0.2, 0.25) is 10.0 Å². The van der Waals surface area contributed by atoms with Crippen LogP contribution < -0.4 is 11.3 Å². The van der Waals surface area contributed by atoms with Crippen molar-refractivity contribution in [1.82, 2.24) is 5.43 Å². The van der Waals surface area contributed by atoms with Gasteiger partial charge in [-0.3, -0.25) is 5.84 Å². The van der Waals surface area contributed by atoms with Crippen LogP contribution in [0, 0.1) is 0 Å². The molecule has 0 aromatic heterocycles. The minimum atomic E-state index is -0.164. The quantitative estimate of drug-likeness (QED) is 0.659. The van der Waals surface area contributed by atoms with Crippen LogP contribution in [0.4, 0.5) is 0 Å². The van der Waals surface area contributed by atoms with Gasteiger partial charge in [-0.25, -0.2) is 5.43 Å². The second kappa shape index (κ2) is 5.52. The molecule has 0 heterocycles. The zero-order valence-electron chi connectivity index (χ0n) is 9.03. The van der Waals surface area contributed by atoms with Crippen LogP contribution in [-0.4, -0.2) is 0 Å². The lowest BCUT2D eigenvalue weighted by atomic mass is 9.99. The lowest BCUT2D eigenvalue weighted by molar-refractivity contribution is 0.637. The van der Waals surface area contributed by atoms with Crippen molar-refractivity contribution in [2.45, 2.75) is 6.04 Å². The molecule has 0 spiro atoms. The first-order valence-electron chi connectivity index (χ1n) is 5.18. The maximum absolute atomic E-state index is 6.16. The molecule has 0 amide bonds. The third kappa shape index (κ3) is 2.79. The van der Waals surface area contributed by atoms with E-state index in [9.17, 15) is 0 Å². The topological polar surface area (TPSA) is 38.0 Å². The Balaban J connectivity index is 2.44. The van der Waals surface area contributed by atoms with Crippen molar-refractivity contribution >= 4 is 23.2 Å². The summed E-state index contributed by atoms with van der Waals surface area (Å²) in [5.74, 6) is 5.60. The van der Waals surface area contributed by atoms with Crippen molar-refractivity contribution in [3.63, 3.8) is 0 Å². The zero-order chi connectivity index (χ0) is 12.3. The third-order valence-corrected chi connectivity index (χ3v) is 3.14. The molecule has 0 saturated heterocycles. The monoisotopic (exact) mass is 266 g/mol. The van der Waals surface area contributed by atoms with Gasteiger partial charge in [-0.05, 0) is 29.3 Å². The Morgan fingerprint density at radius 2 is 1.76 bits per heavy atom. The van der Waals surface area contributed by atoms with Crippen LogP contribution in [0.1, 0.15) is 17.2 Å². The summed E-state index contributed by atoms with van der Waals surface area (Å²) in [6.45, 7) is 0. The van der Waals surface area contributed by atoms with Gasteiger partial charge in [0.2, 0.25) is 0 Å². The lowest BCUT2D eigenvalue weighted by Gasteiger charge is -2.18. The largest absolute Gasteiger partial charge is 0.271 e. The second-order valence-electron chi connectivity index (χ2n) is 3.68. The first-order valence-corrected chi connectivity index (χ1v) is 5.94. The molecular formula is C13H12Cl2N2. The summed E-state index contributed by atoms with van der Waals surface area (Å²) in [5, 5.41) is 1.35. The van der Waals surface area contributed by atoms with Crippen molar-refractivity contribution in [3.8, 4) is 0 Å². The highest BCUT2D eigenvalue weighted by Gasteiger charge is 2.15. The predicted octanol–water partition coefficient (Wildman–Crippen LogP) is 3.55. The minimum absolute atomic E-state index is 0.164. The molecule has 0 aliphatic heterocycles. The lowest BCUT2D eigenvalue weighted by Crippen LogP contribution is -2.29. The van der Waals surface area contributed by atoms with Crippen LogP contribution in [0.25, 0.3) is 0 Å². The smallest absolute Gasteiger partial charge is 0.0725 e. The van der Waals surface area contributed by atoms with Crippen molar-refractivity contribution in [3.05, 3.63) is 69.7 Å². The molecular weight excluding hydrogens is 255 g/mol. The summed E-state index contributed by atoms with van der Waals surface area (Å²) < 4.78 is 0. The van der Waals surface area contributed by atoms with E-state index in [1.54, 1.807) is 0 Å². The van der Waals surface area contributed by atoms with E-state index >= 15 is 0 Å². The average molecular weight is 267 g/mol. The number of halogens is 2. The van der Waals surface area contributed by atoms with E-state index in [0.717, 1.165) is 11.1 Å². The predicted molar refractivity (Wildman–Crippen MR) is 72.1 cm³/mol. The van der Waals surface area contributed by atoms with Crippen molar-refractivity contribution in [2.75, 3.05) is 0 Å². The van der Waals surface area contributed by atoms with Crippen molar-refractivity contribution in [2.24, 2.45) is 5.84 Å². The Labute approximate surface area is 110 Å². The Morgan fingerprint density at radius 3 is 2.41 bits per heavy atom. The van der Waals surface area contributed by atoms with E-state index in [1.807, 2.05) is 48.5 Å². The van der Waals surface area contributed by atoms with Gasteiger partial charge in [0.1, 0.15) is 0 Å². The summed E-state index contributed by atoms with van der Waals surface area (Å²) >= 11 is 12.1.